The maximum absolute atomic E-state index is 9.46. The third-order valence-corrected chi connectivity index (χ3v) is 1.98. The number of rotatable bonds is 4. The molecule has 0 aromatic heterocycles. The van der Waals surface area contributed by atoms with Gasteiger partial charge in [-0.15, -0.1) is 0 Å². The maximum Gasteiger partial charge on any atom is 0.0781 e. The van der Waals surface area contributed by atoms with E-state index in [1.807, 2.05) is 24.3 Å². The van der Waals surface area contributed by atoms with E-state index in [9.17, 15) is 5.11 Å². The molecule has 1 atom stereocenters. The summed E-state index contributed by atoms with van der Waals surface area (Å²) < 4.78 is 0. The highest BCUT2D eigenvalue weighted by Gasteiger charge is 2.05. The Morgan fingerprint density at radius 1 is 1.38 bits per heavy atom. The molecule has 1 aromatic carbocycles. The lowest BCUT2D eigenvalue weighted by Crippen LogP contribution is -2.04. The van der Waals surface area contributed by atoms with Crippen molar-refractivity contribution in [1.29, 1.82) is 0 Å². The van der Waals surface area contributed by atoms with Gasteiger partial charge in [0, 0.05) is 17.8 Å². The van der Waals surface area contributed by atoms with Crippen molar-refractivity contribution < 1.29 is 5.11 Å². The van der Waals surface area contributed by atoms with Crippen molar-refractivity contribution >= 4 is 5.69 Å². The Morgan fingerprint density at radius 3 is 2.69 bits per heavy atom. The highest BCUT2D eigenvalue weighted by atomic mass is 16.3. The minimum absolute atomic E-state index is 0.402. The molecule has 72 valence electrons. The normalized spacial score (nSPS) is 12.5. The van der Waals surface area contributed by atoms with Crippen molar-refractivity contribution in [3.05, 3.63) is 29.8 Å². The Morgan fingerprint density at radius 2 is 2.08 bits per heavy atom. The first-order valence-electron chi connectivity index (χ1n) is 4.76. The van der Waals surface area contributed by atoms with Crippen LogP contribution in [0.4, 0.5) is 5.69 Å². The van der Waals surface area contributed by atoms with Crippen LogP contribution in [0.15, 0.2) is 24.3 Å². The fraction of sp³-hybridized carbons (Fsp3) is 0.455. The molecule has 0 heterocycles. The van der Waals surface area contributed by atoms with Crippen LogP contribution < -0.4 is 5.32 Å². The molecule has 13 heavy (non-hydrogen) atoms. The van der Waals surface area contributed by atoms with Crippen LogP contribution in [0.25, 0.3) is 0 Å². The van der Waals surface area contributed by atoms with Crippen LogP contribution in [0.1, 0.15) is 31.9 Å². The molecule has 0 aliphatic rings. The van der Waals surface area contributed by atoms with Crippen molar-refractivity contribution in [2.24, 2.45) is 0 Å². The van der Waals surface area contributed by atoms with Crippen LogP contribution in [-0.2, 0) is 0 Å². The van der Waals surface area contributed by atoms with Gasteiger partial charge < -0.3 is 10.4 Å². The van der Waals surface area contributed by atoms with Crippen LogP contribution in [0.2, 0.25) is 0 Å². The Bertz CT molecular complexity index is 258. The van der Waals surface area contributed by atoms with Crippen molar-refractivity contribution in [2.75, 3.05) is 11.9 Å². The van der Waals surface area contributed by atoms with Gasteiger partial charge in [0.25, 0.3) is 0 Å². The number of nitrogens with one attached hydrogen (secondary N) is 1. The number of anilines is 1. The Hall–Kier alpha value is -1.02. The summed E-state index contributed by atoms with van der Waals surface area (Å²) in [6.07, 6.45) is 0.689. The van der Waals surface area contributed by atoms with E-state index in [1.54, 1.807) is 6.92 Å². The fourth-order valence-corrected chi connectivity index (χ4v) is 1.28. The third kappa shape index (κ3) is 2.74. The summed E-state index contributed by atoms with van der Waals surface area (Å²) in [5, 5.41) is 12.7. The second-order valence-electron chi connectivity index (χ2n) is 3.19. The third-order valence-electron chi connectivity index (χ3n) is 1.98. The monoisotopic (exact) mass is 179 g/mol. The lowest BCUT2D eigenvalue weighted by Gasteiger charge is -2.12. The molecule has 0 bridgehead atoms. The van der Waals surface area contributed by atoms with Crippen molar-refractivity contribution in [2.45, 2.75) is 26.4 Å². The molecule has 2 nitrogen and oxygen atoms in total. The number of aliphatic hydroxyl groups excluding tert-OH is 1. The van der Waals surface area contributed by atoms with Gasteiger partial charge in [-0.2, -0.15) is 0 Å². The highest BCUT2D eigenvalue weighted by molar-refractivity contribution is 5.51. The Labute approximate surface area is 79.6 Å². The molecule has 0 spiro atoms. The first kappa shape index (κ1) is 10.1. The zero-order valence-corrected chi connectivity index (χ0v) is 8.25. The summed E-state index contributed by atoms with van der Waals surface area (Å²) in [7, 11) is 0. The average Bonchev–Trinajstić information content (AvgIpc) is 2.15. The molecule has 0 saturated carbocycles. The van der Waals surface area contributed by atoms with Gasteiger partial charge in [-0.1, -0.05) is 25.1 Å². The second kappa shape index (κ2) is 4.87. The van der Waals surface area contributed by atoms with E-state index in [1.165, 1.54) is 0 Å². The SMILES string of the molecule is CCCNc1ccccc1C(C)O. The molecule has 1 rings (SSSR count). The van der Waals surface area contributed by atoms with E-state index in [-0.39, 0.29) is 0 Å². The van der Waals surface area contributed by atoms with E-state index in [2.05, 4.69) is 12.2 Å². The zero-order chi connectivity index (χ0) is 9.68. The van der Waals surface area contributed by atoms with Gasteiger partial charge in [0.15, 0.2) is 0 Å². The standard InChI is InChI=1S/C11H17NO/c1-3-8-12-11-7-5-4-6-10(11)9(2)13/h4-7,9,12-13H,3,8H2,1-2H3. The predicted octanol–water partition coefficient (Wildman–Crippen LogP) is 2.56. The molecule has 2 heteroatoms. The summed E-state index contributed by atoms with van der Waals surface area (Å²) >= 11 is 0. The Balaban J connectivity index is 2.78. The molecule has 0 aliphatic heterocycles. The quantitative estimate of drug-likeness (QED) is 0.744. The average molecular weight is 179 g/mol. The van der Waals surface area contributed by atoms with E-state index >= 15 is 0 Å². The maximum atomic E-state index is 9.46. The van der Waals surface area contributed by atoms with Gasteiger partial charge in [-0.25, -0.2) is 0 Å². The van der Waals surface area contributed by atoms with Crippen LogP contribution in [0.3, 0.4) is 0 Å². The van der Waals surface area contributed by atoms with Gasteiger partial charge in [-0.3, -0.25) is 0 Å². The van der Waals surface area contributed by atoms with Gasteiger partial charge in [0.2, 0.25) is 0 Å². The van der Waals surface area contributed by atoms with Crippen LogP contribution >= 0.6 is 0 Å². The molecule has 0 aliphatic carbocycles. The molecule has 1 unspecified atom stereocenters. The van der Waals surface area contributed by atoms with Crippen LogP contribution in [-0.4, -0.2) is 11.7 Å². The molecule has 0 radical (unpaired) electrons. The summed E-state index contributed by atoms with van der Waals surface area (Å²) in [6.45, 7) is 4.86. The number of hydrogen-bond acceptors (Lipinski definition) is 2. The molecular weight excluding hydrogens is 162 g/mol. The molecule has 0 saturated heterocycles. The summed E-state index contributed by atoms with van der Waals surface area (Å²) in [5.41, 5.74) is 2.01. The van der Waals surface area contributed by atoms with E-state index < -0.39 is 6.10 Å². The molecule has 0 amide bonds. The minimum atomic E-state index is -0.402. The van der Waals surface area contributed by atoms with Crippen molar-refractivity contribution in [3.63, 3.8) is 0 Å². The number of hydrogen-bond donors (Lipinski definition) is 2. The molecule has 1 aromatic rings. The van der Waals surface area contributed by atoms with Gasteiger partial charge in [0.1, 0.15) is 0 Å². The first-order valence-corrected chi connectivity index (χ1v) is 4.76. The van der Waals surface area contributed by atoms with Crippen LogP contribution in [0, 0.1) is 0 Å². The summed E-state index contributed by atoms with van der Waals surface area (Å²) in [5.74, 6) is 0. The van der Waals surface area contributed by atoms with E-state index in [4.69, 9.17) is 0 Å². The summed E-state index contributed by atoms with van der Waals surface area (Å²) in [6, 6.07) is 7.86. The van der Waals surface area contributed by atoms with Crippen molar-refractivity contribution in [3.8, 4) is 0 Å². The fourth-order valence-electron chi connectivity index (χ4n) is 1.28. The number of para-hydroxylation sites is 1. The smallest absolute Gasteiger partial charge is 0.0781 e. The summed E-state index contributed by atoms with van der Waals surface area (Å²) in [4.78, 5) is 0. The van der Waals surface area contributed by atoms with Gasteiger partial charge in [0.05, 0.1) is 6.10 Å². The lowest BCUT2D eigenvalue weighted by atomic mass is 10.1. The van der Waals surface area contributed by atoms with E-state index in [0.717, 1.165) is 24.2 Å². The van der Waals surface area contributed by atoms with E-state index in [0.29, 0.717) is 0 Å². The lowest BCUT2D eigenvalue weighted by molar-refractivity contribution is 0.200. The highest BCUT2D eigenvalue weighted by Crippen LogP contribution is 2.21. The zero-order valence-electron chi connectivity index (χ0n) is 8.25. The number of benzene rings is 1. The van der Waals surface area contributed by atoms with Gasteiger partial charge in [-0.05, 0) is 19.4 Å². The first-order chi connectivity index (χ1) is 6.25. The largest absolute Gasteiger partial charge is 0.389 e. The van der Waals surface area contributed by atoms with Crippen LogP contribution in [0.5, 0.6) is 0 Å². The van der Waals surface area contributed by atoms with Gasteiger partial charge >= 0.3 is 0 Å². The second-order valence-corrected chi connectivity index (χ2v) is 3.19. The molecule has 2 N–H and O–H groups in total. The topological polar surface area (TPSA) is 32.3 Å². The predicted molar refractivity (Wildman–Crippen MR) is 55.9 cm³/mol. The number of aliphatic hydroxyl groups is 1. The Kier molecular flexibility index (Phi) is 3.77. The molecular formula is C11H17NO. The van der Waals surface area contributed by atoms with Crippen molar-refractivity contribution in [1.82, 2.24) is 0 Å². The minimum Gasteiger partial charge on any atom is -0.389 e. The molecule has 0 fully saturated rings.